The van der Waals surface area contributed by atoms with Crippen molar-refractivity contribution in [3.8, 4) is 0 Å². The topological polar surface area (TPSA) is 158 Å². The van der Waals surface area contributed by atoms with Crippen molar-refractivity contribution in [2.75, 3.05) is 19.8 Å². The molecule has 10 nitrogen and oxygen atoms in total. The first-order valence-electron chi connectivity index (χ1n) is 16.7. The average molecular weight is 609 g/mol. The zero-order chi connectivity index (χ0) is 30.5. The lowest BCUT2D eigenvalue weighted by Crippen LogP contribution is -2.60. The molecule has 43 heavy (non-hydrogen) atoms. The maximum atomic E-state index is 12.6. The number of fused-ring (bicyclic) bond motifs is 7. The third kappa shape index (κ3) is 4.27. The lowest BCUT2D eigenvalue weighted by Gasteiger charge is -2.60. The van der Waals surface area contributed by atoms with Crippen LogP contribution in [0.4, 0.5) is 0 Å². The van der Waals surface area contributed by atoms with Gasteiger partial charge < -0.3 is 49.6 Å². The van der Waals surface area contributed by atoms with Crippen LogP contribution in [0.25, 0.3) is 0 Å². The molecule has 3 heterocycles. The lowest BCUT2D eigenvalue weighted by atomic mass is 9.46. The lowest BCUT2D eigenvalue weighted by molar-refractivity contribution is -0.313. The number of allylic oxidation sites excluding steroid dienone is 1. The number of hydrogen-bond donors (Lipinski definition) is 6. The summed E-state index contributed by atoms with van der Waals surface area (Å²) in [5, 5.41) is 62.6. The number of hydrogen-bond acceptors (Lipinski definition) is 10. The summed E-state index contributed by atoms with van der Waals surface area (Å²) in [5.41, 5.74) is 0.201. The first-order chi connectivity index (χ1) is 20.4. The fourth-order valence-corrected chi connectivity index (χ4v) is 11.1. The fourth-order valence-electron chi connectivity index (χ4n) is 11.1. The normalized spacial score (nSPS) is 57.9. The van der Waals surface area contributed by atoms with Crippen LogP contribution in [-0.4, -0.2) is 105 Å². The van der Waals surface area contributed by atoms with Crippen LogP contribution < -0.4 is 0 Å². The van der Waals surface area contributed by atoms with E-state index in [1.54, 1.807) is 0 Å². The number of aliphatic hydroxyl groups is 6. The molecule has 7 aliphatic rings. The Hall–Kier alpha value is -0.660. The van der Waals surface area contributed by atoms with E-state index in [2.05, 4.69) is 26.8 Å². The Bertz CT molecular complexity index is 1090. The third-order valence-corrected chi connectivity index (χ3v) is 13.9. The molecule has 0 aromatic heterocycles. The molecule has 16 atom stereocenters. The number of aliphatic hydroxyl groups excluding tert-OH is 5. The molecule has 0 radical (unpaired) electrons. The molecular formula is C33H52O10. The standard InChI is InChI=1S/C33H52O10/c1-17-32(11-6-18(14-34)16-40-32)43-25-13-23-21-5-4-19-12-20(41-29-28(38)27(37)26(36)24(15-35)42-29)7-9-30(19,2)22(21)8-10-31(23,3)33(17,25)39/h4,17-18,20-29,34-39H,5-16H2,1-3H3/t17-,18?,20?,21-,22+,23+,24-,25+,26+,27+,28-,29-,30+,31+,32-,33-/m1/s1. The van der Waals surface area contributed by atoms with E-state index < -0.39 is 48.7 Å². The van der Waals surface area contributed by atoms with E-state index in [0.29, 0.717) is 30.8 Å². The van der Waals surface area contributed by atoms with Crippen molar-refractivity contribution < 1.29 is 49.6 Å². The van der Waals surface area contributed by atoms with E-state index in [1.165, 1.54) is 5.57 Å². The van der Waals surface area contributed by atoms with Crippen LogP contribution >= 0.6 is 0 Å². The van der Waals surface area contributed by atoms with Crippen molar-refractivity contribution >= 4 is 0 Å². The van der Waals surface area contributed by atoms with E-state index in [4.69, 9.17) is 18.9 Å². The fraction of sp³-hybridized carbons (Fsp3) is 0.939. The summed E-state index contributed by atoms with van der Waals surface area (Å²) in [4.78, 5) is 0. The molecule has 244 valence electrons. The number of rotatable bonds is 4. The summed E-state index contributed by atoms with van der Waals surface area (Å²) in [6.07, 6.45) is 3.45. The molecule has 3 saturated carbocycles. The Morgan fingerprint density at radius 1 is 0.953 bits per heavy atom. The molecule has 7 rings (SSSR count). The van der Waals surface area contributed by atoms with Crippen molar-refractivity contribution in [3.05, 3.63) is 11.6 Å². The highest BCUT2D eigenvalue weighted by atomic mass is 16.7. The van der Waals surface area contributed by atoms with Crippen molar-refractivity contribution in [3.63, 3.8) is 0 Å². The van der Waals surface area contributed by atoms with Crippen molar-refractivity contribution in [1.82, 2.24) is 0 Å². The second-order valence-electron chi connectivity index (χ2n) is 15.5. The molecule has 4 aliphatic carbocycles. The first-order valence-corrected chi connectivity index (χ1v) is 16.7. The molecule has 1 spiro atoms. The van der Waals surface area contributed by atoms with Crippen LogP contribution in [-0.2, 0) is 18.9 Å². The van der Waals surface area contributed by atoms with E-state index in [9.17, 15) is 30.6 Å². The summed E-state index contributed by atoms with van der Waals surface area (Å²) in [7, 11) is 0. The molecule has 2 unspecified atom stereocenters. The summed E-state index contributed by atoms with van der Waals surface area (Å²) in [6, 6.07) is 0. The van der Waals surface area contributed by atoms with Crippen molar-refractivity contribution in [2.45, 2.75) is 133 Å². The zero-order valence-corrected chi connectivity index (χ0v) is 25.8. The minimum absolute atomic E-state index is 0.0271. The number of ether oxygens (including phenoxy) is 4. The van der Waals surface area contributed by atoms with Crippen LogP contribution in [0.3, 0.4) is 0 Å². The molecule has 6 N–H and O–H groups in total. The van der Waals surface area contributed by atoms with Crippen LogP contribution in [0.15, 0.2) is 11.6 Å². The highest BCUT2D eigenvalue weighted by molar-refractivity contribution is 5.29. The SMILES string of the molecule is C[C@@H]1[C@@]2(CCC(CO)CO2)O[C@H]2C[C@H]3[C@@H]4CC=C5CC(O[C@@H]6O[C@H](CO)[C@H](O)[C@H](O)[C@H]6O)CC[C@]5(C)[C@H]4CC[C@]3(C)[C@]21O. The van der Waals surface area contributed by atoms with Gasteiger partial charge in [0.2, 0.25) is 0 Å². The van der Waals surface area contributed by atoms with Crippen LogP contribution in [0.1, 0.15) is 78.6 Å². The average Bonchev–Trinajstić information content (AvgIpc) is 3.36. The highest BCUT2D eigenvalue weighted by Gasteiger charge is 2.76. The highest BCUT2D eigenvalue weighted by Crippen LogP contribution is 2.72. The van der Waals surface area contributed by atoms with E-state index in [-0.39, 0.29) is 41.5 Å². The largest absolute Gasteiger partial charge is 0.396 e. The van der Waals surface area contributed by atoms with Gasteiger partial charge in [-0.2, -0.15) is 0 Å². The Labute approximate surface area is 254 Å². The molecule has 0 aromatic rings. The van der Waals surface area contributed by atoms with Gasteiger partial charge in [0, 0.05) is 30.3 Å². The smallest absolute Gasteiger partial charge is 0.186 e. The first kappa shape index (κ1) is 31.0. The van der Waals surface area contributed by atoms with E-state index in [0.717, 1.165) is 51.4 Å². The van der Waals surface area contributed by atoms with Gasteiger partial charge in [-0.15, -0.1) is 0 Å². The Balaban J connectivity index is 1.07. The van der Waals surface area contributed by atoms with Gasteiger partial charge in [-0.05, 0) is 74.5 Å². The van der Waals surface area contributed by atoms with Crippen molar-refractivity contribution in [1.29, 1.82) is 0 Å². The summed E-state index contributed by atoms with van der Waals surface area (Å²) in [5.74, 6) is 0.548. The van der Waals surface area contributed by atoms with Gasteiger partial charge in [0.05, 0.1) is 25.4 Å². The van der Waals surface area contributed by atoms with Crippen LogP contribution in [0, 0.1) is 40.4 Å². The van der Waals surface area contributed by atoms with Gasteiger partial charge in [-0.1, -0.05) is 32.4 Å². The molecule has 10 heteroatoms. The van der Waals surface area contributed by atoms with Gasteiger partial charge in [0.1, 0.15) is 30.0 Å². The van der Waals surface area contributed by atoms with Crippen molar-refractivity contribution in [2.24, 2.45) is 40.4 Å². The predicted octanol–water partition coefficient (Wildman–Crippen LogP) is 1.63. The molecule has 3 saturated heterocycles. The van der Waals surface area contributed by atoms with Crippen LogP contribution in [0.2, 0.25) is 0 Å². The molecule has 0 bridgehead atoms. The maximum absolute atomic E-state index is 12.6. The Morgan fingerprint density at radius 2 is 1.74 bits per heavy atom. The minimum Gasteiger partial charge on any atom is -0.396 e. The van der Waals surface area contributed by atoms with Gasteiger partial charge in [0.25, 0.3) is 0 Å². The summed E-state index contributed by atoms with van der Waals surface area (Å²) >= 11 is 0. The van der Waals surface area contributed by atoms with E-state index >= 15 is 0 Å². The molecule has 3 aliphatic heterocycles. The minimum atomic E-state index is -1.44. The second kappa shape index (κ2) is 10.7. The Kier molecular flexibility index (Phi) is 7.70. The van der Waals surface area contributed by atoms with Gasteiger partial charge in [0.15, 0.2) is 12.1 Å². The Morgan fingerprint density at radius 3 is 2.44 bits per heavy atom. The quantitative estimate of drug-likeness (QED) is 0.259. The molecule has 0 amide bonds. The van der Waals surface area contributed by atoms with Crippen LogP contribution in [0.5, 0.6) is 0 Å². The summed E-state index contributed by atoms with van der Waals surface area (Å²) < 4.78 is 24.9. The molecular weight excluding hydrogens is 556 g/mol. The van der Waals surface area contributed by atoms with E-state index in [1.807, 2.05) is 0 Å². The third-order valence-electron chi connectivity index (χ3n) is 13.9. The van der Waals surface area contributed by atoms with Gasteiger partial charge in [-0.3, -0.25) is 0 Å². The molecule has 6 fully saturated rings. The predicted molar refractivity (Wildman–Crippen MR) is 153 cm³/mol. The van der Waals surface area contributed by atoms with Gasteiger partial charge in [-0.25, -0.2) is 0 Å². The second-order valence-corrected chi connectivity index (χ2v) is 15.5. The monoisotopic (exact) mass is 608 g/mol. The maximum Gasteiger partial charge on any atom is 0.186 e. The zero-order valence-electron chi connectivity index (χ0n) is 25.8. The summed E-state index contributed by atoms with van der Waals surface area (Å²) in [6.45, 7) is 6.94. The molecule has 0 aromatic carbocycles. The van der Waals surface area contributed by atoms with Gasteiger partial charge >= 0.3 is 0 Å².